The fraction of sp³-hybridized carbons (Fsp3) is 0.154. The van der Waals surface area contributed by atoms with Crippen LogP contribution in [0.15, 0.2) is 35.9 Å². The average Bonchev–Trinajstić information content (AvgIpc) is 2.77. The summed E-state index contributed by atoms with van der Waals surface area (Å²) in [6, 6.07) is 6.99. The number of amidine groups is 1. The van der Waals surface area contributed by atoms with E-state index in [1.54, 1.807) is 24.3 Å². The summed E-state index contributed by atoms with van der Waals surface area (Å²) in [5, 5.41) is 17.1. The van der Waals surface area contributed by atoms with Gasteiger partial charge in [-0.3, -0.25) is 10.2 Å². The molecule has 0 radical (unpaired) electrons. The van der Waals surface area contributed by atoms with E-state index in [0.717, 1.165) is 17.3 Å². The first kappa shape index (κ1) is 15.4. The van der Waals surface area contributed by atoms with Gasteiger partial charge >= 0.3 is 0 Å². The maximum absolute atomic E-state index is 11.5. The third kappa shape index (κ3) is 4.24. The number of hydrazone groups is 1. The number of rotatable bonds is 5. The lowest BCUT2D eigenvalue weighted by molar-refractivity contribution is -0.305. The summed E-state index contributed by atoms with van der Waals surface area (Å²) in [4.78, 5) is 22.0. The molecule has 21 heavy (non-hydrogen) atoms. The van der Waals surface area contributed by atoms with E-state index in [1.807, 2.05) is 0 Å². The van der Waals surface area contributed by atoms with Crippen LogP contribution < -0.4 is 15.8 Å². The molecule has 0 bridgehead atoms. The summed E-state index contributed by atoms with van der Waals surface area (Å²) in [5.74, 6) is -1.68. The molecule has 0 aromatic heterocycles. The molecule has 1 fully saturated rings. The highest BCUT2D eigenvalue weighted by Gasteiger charge is 2.30. The van der Waals surface area contributed by atoms with Gasteiger partial charge in [-0.15, -0.1) is 5.10 Å². The van der Waals surface area contributed by atoms with E-state index in [-0.39, 0.29) is 6.42 Å². The van der Waals surface area contributed by atoms with Crippen molar-refractivity contribution in [2.45, 2.75) is 11.7 Å². The Balaban J connectivity index is 1.95. The molecule has 8 heteroatoms. The number of nitrogens with zero attached hydrogens (tertiary/aromatic N) is 1. The van der Waals surface area contributed by atoms with Crippen molar-refractivity contribution in [3.63, 3.8) is 0 Å². The molecule has 1 saturated heterocycles. The normalized spacial score (nSPS) is 19.4. The molecule has 0 unspecified atom stereocenters. The van der Waals surface area contributed by atoms with Crippen LogP contribution in [0.4, 0.5) is 0 Å². The van der Waals surface area contributed by atoms with E-state index in [9.17, 15) is 14.7 Å². The van der Waals surface area contributed by atoms with Gasteiger partial charge in [0.15, 0.2) is 5.17 Å². The van der Waals surface area contributed by atoms with Gasteiger partial charge in [-0.25, -0.2) is 0 Å². The minimum absolute atomic E-state index is 0.293. The zero-order chi connectivity index (χ0) is 15.4. The number of carbonyl (C=O) groups is 2. The Bertz CT molecular complexity index is 616. The lowest BCUT2D eigenvalue weighted by atomic mass is 10.2. The lowest BCUT2D eigenvalue weighted by Gasteiger charge is -2.06. The zero-order valence-electron chi connectivity index (χ0n) is 10.8. The van der Waals surface area contributed by atoms with Gasteiger partial charge in [0.2, 0.25) is 5.91 Å². The second-order valence-electron chi connectivity index (χ2n) is 4.19. The van der Waals surface area contributed by atoms with Crippen molar-refractivity contribution in [1.29, 1.82) is 0 Å². The third-order valence-electron chi connectivity index (χ3n) is 2.61. The van der Waals surface area contributed by atoms with Crippen molar-refractivity contribution >= 4 is 46.1 Å². The number of hydrogen-bond donors (Lipinski definition) is 2. The summed E-state index contributed by atoms with van der Waals surface area (Å²) >= 11 is 6.82. The Morgan fingerprint density at radius 3 is 2.76 bits per heavy atom. The van der Waals surface area contributed by atoms with E-state index in [1.165, 1.54) is 0 Å². The number of thioether (sulfide) groups is 1. The second kappa shape index (κ2) is 6.64. The van der Waals surface area contributed by atoms with E-state index in [0.29, 0.717) is 15.9 Å². The Morgan fingerprint density at radius 2 is 2.14 bits per heavy atom. The fourth-order valence-corrected chi connectivity index (χ4v) is 2.62. The van der Waals surface area contributed by atoms with Gasteiger partial charge in [-0.2, -0.15) is 0 Å². The largest absolute Gasteiger partial charge is 0.550 e. The molecule has 2 N–H and O–H groups in total. The first-order valence-corrected chi connectivity index (χ1v) is 7.17. The van der Waals surface area contributed by atoms with Crippen LogP contribution in [0, 0.1) is 0 Å². The third-order valence-corrected chi connectivity index (χ3v) is 3.95. The summed E-state index contributed by atoms with van der Waals surface area (Å²) in [6.45, 7) is 3.81. The molecule has 0 aliphatic carbocycles. The van der Waals surface area contributed by atoms with Crippen LogP contribution in [0.25, 0.3) is 5.70 Å². The fourth-order valence-electron chi connectivity index (χ4n) is 1.58. The SMILES string of the molecule is C=C(N/N=C1\NC(=O)[C@@H](CC(=O)[O-])S1)c1ccc(Cl)cc1. The Morgan fingerprint density at radius 1 is 1.48 bits per heavy atom. The first-order valence-electron chi connectivity index (χ1n) is 5.91. The van der Waals surface area contributed by atoms with Crippen LogP contribution in [0.2, 0.25) is 5.02 Å². The van der Waals surface area contributed by atoms with E-state index in [4.69, 9.17) is 11.6 Å². The number of nitrogens with one attached hydrogen (secondary N) is 2. The maximum Gasteiger partial charge on any atom is 0.239 e. The molecule has 2 rings (SSSR count). The quantitative estimate of drug-likeness (QED) is 0.771. The molecule has 0 saturated carbocycles. The highest BCUT2D eigenvalue weighted by molar-refractivity contribution is 8.15. The van der Waals surface area contributed by atoms with Crippen LogP contribution in [0.3, 0.4) is 0 Å². The van der Waals surface area contributed by atoms with Crippen LogP contribution in [-0.4, -0.2) is 22.3 Å². The van der Waals surface area contributed by atoms with Gasteiger partial charge in [-0.1, -0.05) is 42.1 Å². The predicted molar refractivity (Wildman–Crippen MR) is 80.2 cm³/mol. The van der Waals surface area contributed by atoms with Crippen molar-refractivity contribution in [3.05, 3.63) is 41.4 Å². The van der Waals surface area contributed by atoms with Crippen molar-refractivity contribution in [2.24, 2.45) is 5.10 Å². The van der Waals surface area contributed by atoms with Crippen LogP contribution in [-0.2, 0) is 9.59 Å². The minimum Gasteiger partial charge on any atom is -0.550 e. The smallest absolute Gasteiger partial charge is 0.239 e. The molecule has 1 atom stereocenters. The molecule has 0 spiro atoms. The molecule has 1 aromatic rings. The lowest BCUT2D eigenvalue weighted by Crippen LogP contribution is -2.31. The van der Waals surface area contributed by atoms with Crippen LogP contribution >= 0.6 is 23.4 Å². The van der Waals surface area contributed by atoms with Gasteiger partial charge in [0.25, 0.3) is 0 Å². The highest BCUT2D eigenvalue weighted by atomic mass is 35.5. The number of halogens is 1. The standard InChI is InChI=1S/C13H12ClN3O3S/c1-7(8-2-4-9(14)5-3-8)16-17-13-15-12(20)10(21-13)6-11(18)19/h2-5,10,16H,1,6H2,(H,18,19)(H,15,17,20)/p-1/t10-/m1/s1. The van der Waals surface area contributed by atoms with Gasteiger partial charge in [0.05, 0.1) is 10.9 Å². The molecular weight excluding hydrogens is 314 g/mol. The topological polar surface area (TPSA) is 93.6 Å². The molecule has 6 nitrogen and oxygen atoms in total. The summed E-state index contributed by atoms with van der Waals surface area (Å²) in [6.07, 6.45) is -0.354. The van der Waals surface area contributed by atoms with Gasteiger partial charge in [0, 0.05) is 17.4 Å². The van der Waals surface area contributed by atoms with Crippen molar-refractivity contribution in [2.75, 3.05) is 0 Å². The zero-order valence-corrected chi connectivity index (χ0v) is 12.3. The number of benzene rings is 1. The van der Waals surface area contributed by atoms with Crippen molar-refractivity contribution in [3.8, 4) is 0 Å². The van der Waals surface area contributed by atoms with Crippen molar-refractivity contribution < 1.29 is 14.7 Å². The average molecular weight is 325 g/mol. The number of carboxylic acids is 1. The highest BCUT2D eigenvalue weighted by Crippen LogP contribution is 2.22. The van der Waals surface area contributed by atoms with E-state index < -0.39 is 17.1 Å². The summed E-state index contributed by atoms with van der Waals surface area (Å²) in [5.41, 5.74) is 4.03. The molecule has 1 aliphatic rings. The van der Waals surface area contributed by atoms with Crippen LogP contribution in [0.1, 0.15) is 12.0 Å². The Kier molecular flexibility index (Phi) is 4.87. The number of carboxylic acid groups (broad SMARTS) is 1. The monoisotopic (exact) mass is 324 g/mol. The summed E-state index contributed by atoms with van der Waals surface area (Å²) in [7, 11) is 0. The number of carbonyl (C=O) groups excluding carboxylic acids is 2. The number of aliphatic carboxylic acids is 1. The molecule has 1 heterocycles. The number of hydrogen-bond acceptors (Lipinski definition) is 6. The minimum atomic E-state index is -1.28. The van der Waals surface area contributed by atoms with Gasteiger partial charge < -0.3 is 15.2 Å². The summed E-state index contributed by atoms with van der Waals surface area (Å²) < 4.78 is 0. The molecule has 1 amide bonds. The molecule has 1 aliphatic heterocycles. The van der Waals surface area contributed by atoms with E-state index in [2.05, 4.69) is 22.4 Å². The second-order valence-corrected chi connectivity index (χ2v) is 5.81. The molecule has 1 aromatic carbocycles. The van der Waals surface area contributed by atoms with Gasteiger partial charge in [0.1, 0.15) is 0 Å². The molecular formula is C13H11ClN3O3S-. The van der Waals surface area contributed by atoms with Crippen LogP contribution in [0.5, 0.6) is 0 Å². The predicted octanol–water partition coefficient (Wildman–Crippen LogP) is 0.543. The van der Waals surface area contributed by atoms with Crippen molar-refractivity contribution in [1.82, 2.24) is 10.7 Å². The first-order chi connectivity index (χ1) is 9.95. The number of amides is 1. The molecule has 110 valence electrons. The Labute approximate surface area is 130 Å². The Hall–Kier alpha value is -1.99. The van der Waals surface area contributed by atoms with Gasteiger partial charge in [-0.05, 0) is 17.7 Å². The van der Waals surface area contributed by atoms with E-state index >= 15 is 0 Å². The maximum atomic E-state index is 11.5.